The second kappa shape index (κ2) is 9.10. The van der Waals surface area contributed by atoms with Crippen LogP contribution < -0.4 is 20.5 Å². The summed E-state index contributed by atoms with van der Waals surface area (Å²) in [6.07, 6.45) is 1.53. The number of halogens is 1. The highest BCUT2D eigenvalue weighted by Gasteiger charge is 2.17. The number of carbonyl (C=O) groups excluding carboxylic acids is 1. The van der Waals surface area contributed by atoms with E-state index in [4.69, 9.17) is 15.2 Å². The van der Waals surface area contributed by atoms with Gasteiger partial charge in [0.05, 0.1) is 25.0 Å². The van der Waals surface area contributed by atoms with Crippen LogP contribution >= 0.6 is 12.4 Å². The second-order valence-corrected chi connectivity index (χ2v) is 5.42. The van der Waals surface area contributed by atoms with Crippen molar-refractivity contribution in [2.45, 2.75) is 19.9 Å². The summed E-state index contributed by atoms with van der Waals surface area (Å²) in [5, 5.41) is 2.73. The maximum absolute atomic E-state index is 11.9. The molecule has 6 nitrogen and oxygen atoms in total. The molecule has 24 heavy (non-hydrogen) atoms. The number of hydrogen-bond donors (Lipinski definition) is 2. The summed E-state index contributed by atoms with van der Waals surface area (Å²) in [6.45, 7) is 3.79. The standard InChI is InChI=1S/C17H21N3O3.ClH/c1-11(2)16(18)17(21)20-12-4-9-15(19-10-12)23-14-7-5-13(22-3)6-8-14;/h4-11,16H,18H2,1-3H3,(H,20,21);1H/t16-;/m0./s1. The Hall–Kier alpha value is -2.31. The number of aromatic nitrogens is 1. The number of nitrogens with zero attached hydrogens (tertiary/aromatic N) is 1. The summed E-state index contributed by atoms with van der Waals surface area (Å²) in [4.78, 5) is 16.0. The van der Waals surface area contributed by atoms with Crippen LogP contribution in [0.5, 0.6) is 17.4 Å². The molecule has 0 aliphatic heterocycles. The molecule has 0 aliphatic rings. The zero-order chi connectivity index (χ0) is 16.8. The third-order valence-electron chi connectivity index (χ3n) is 3.31. The van der Waals surface area contributed by atoms with Crippen molar-refractivity contribution in [2.75, 3.05) is 12.4 Å². The molecule has 0 saturated carbocycles. The van der Waals surface area contributed by atoms with Gasteiger partial charge < -0.3 is 20.5 Å². The average molecular weight is 352 g/mol. The first-order chi connectivity index (χ1) is 11.0. The number of rotatable bonds is 6. The van der Waals surface area contributed by atoms with Crippen molar-refractivity contribution >= 4 is 24.0 Å². The summed E-state index contributed by atoms with van der Waals surface area (Å²) in [7, 11) is 1.61. The minimum atomic E-state index is -0.551. The number of amides is 1. The highest BCUT2D eigenvalue weighted by atomic mass is 35.5. The number of benzene rings is 1. The van der Waals surface area contributed by atoms with Gasteiger partial charge in [0.2, 0.25) is 11.8 Å². The molecule has 1 atom stereocenters. The van der Waals surface area contributed by atoms with Crippen LogP contribution in [-0.4, -0.2) is 24.0 Å². The van der Waals surface area contributed by atoms with Gasteiger partial charge in [-0.25, -0.2) is 4.98 Å². The van der Waals surface area contributed by atoms with Crippen LogP contribution in [0.3, 0.4) is 0 Å². The Morgan fingerprint density at radius 3 is 2.25 bits per heavy atom. The van der Waals surface area contributed by atoms with E-state index in [1.54, 1.807) is 43.5 Å². The van der Waals surface area contributed by atoms with E-state index in [1.807, 2.05) is 13.8 Å². The van der Waals surface area contributed by atoms with Crippen molar-refractivity contribution in [3.05, 3.63) is 42.6 Å². The Bertz CT molecular complexity index is 645. The Morgan fingerprint density at radius 1 is 1.12 bits per heavy atom. The lowest BCUT2D eigenvalue weighted by Crippen LogP contribution is -2.39. The fraction of sp³-hybridized carbons (Fsp3) is 0.294. The average Bonchev–Trinajstić information content (AvgIpc) is 2.56. The first kappa shape index (κ1) is 19.7. The molecule has 1 heterocycles. The first-order valence-corrected chi connectivity index (χ1v) is 7.34. The van der Waals surface area contributed by atoms with Gasteiger partial charge in [0.15, 0.2) is 0 Å². The zero-order valence-corrected chi connectivity index (χ0v) is 14.7. The molecular formula is C17H22ClN3O3. The lowest BCUT2D eigenvalue weighted by molar-refractivity contribution is -0.118. The van der Waals surface area contributed by atoms with Gasteiger partial charge in [-0.1, -0.05) is 13.8 Å². The van der Waals surface area contributed by atoms with Crippen molar-refractivity contribution in [3.8, 4) is 17.4 Å². The fourth-order valence-electron chi connectivity index (χ4n) is 1.81. The summed E-state index contributed by atoms with van der Waals surface area (Å²) < 4.78 is 10.7. The highest BCUT2D eigenvalue weighted by molar-refractivity contribution is 5.94. The van der Waals surface area contributed by atoms with E-state index in [0.29, 0.717) is 17.3 Å². The minimum absolute atomic E-state index is 0. The van der Waals surface area contributed by atoms with Crippen molar-refractivity contribution in [1.82, 2.24) is 4.98 Å². The van der Waals surface area contributed by atoms with E-state index in [0.717, 1.165) is 5.75 Å². The minimum Gasteiger partial charge on any atom is -0.497 e. The van der Waals surface area contributed by atoms with Crippen molar-refractivity contribution in [1.29, 1.82) is 0 Å². The molecule has 7 heteroatoms. The fourth-order valence-corrected chi connectivity index (χ4v) is 1.81. The molecule has 1 amide bonds. The lowest BCUT2D eigenvalue weighted by Gasteiger charge is -2.15. The topological polar surface area (TPSA) is 86.5 Å². The second-order valence-electron chi connectivity index (χ2n) is 5.42. The van der Waals surface area contributed by atoms with Crippen LogP contribution in [0.25, 0.3) is 0 Å². The van der Waals surface area contributed by atoms with Crippen LogP contribution in [0, 0.1) is 5.92 Å². The van der Waals surface area contributed by atoms with Crippen LogP contribution in [0.4, 0.5) is 5.69 Å². The van der Waals surface area contributed by atoms with E-state index < -0.39 is 6.04 Å². The van der Waals surface area contributed by atoms with E-state index in [-0.39, 0.29) is 24.2 Å². The summed E-state index contributed by atoms with van der Waals surface area (Å²) in [5.74, 6) is 1.68. The first-order valence-electron chi connectivity index (χ1n) is 7.34. The summed E-state index contributed by atoms with van der Waals surface area (Å²) >= 11 is 0. The molecule has 1 aromatic heterocycles. The number of anilines is 1. The van der Waals surface area contributed by atoms with Crippen LogP contribution in [0.1, 0.15) is 13.8 Å². The zero-order valence-electron chi connectivity index (χ0n) is 13.9. The predicted octanol–water partition coefficient (Wildman–Crippen LogP) is 3.23. The van der Waals surface area contributed by atoms with Gasteiger partial charge in [-0.05, 0) is 36.2 Å². The summed E-state index contributed by atoms with van der Waals surface area (Å²) in [6, 6.07) is 10.0. The van der Waals surface area contributed by atoms with Crippen molar-refractivity contribution in [3.63, 3.8) is 0 Å². The monoisotopic (exact) mass is 351 g/mol. The molecule has 0 bridgehead atoms. The van der Waals surface area contributed by atoms with Crippen molar-refractivity contribution < 1.29 is 14.3 Å². The smallest absolute Gasteiger partial charge is 0.241 e. The third-order valence-corrected chi connectivity index (χ3v) is 3.31. The van der Waals surface area contributed by atoms with Crippen LogP contribution in [0.2, 0.25) is 0 Å². The lowest BCUT2D eigenvalue weighted by atomic mass is 10.1. The molecule has 2 rings (SSSR count). The van der Waals surface area contributed by atoms with Gasteiger partial charge in [-0.2, -0.15) is 0 Å². The maximum atomic E-state index is 11.9. The Kier molecular flexibility index (Phi) is 7.48. The molecule has 0 fully saturated rings. The molecule has 3 N–H and O–H groups in total. The quantitative estimate of drug-likeness (QED) is 0.834. The Morgan fingerprint density at radius 2 is 1.75 bits per heavy atom. The SMILES string of the molecule is COc1ccc(Oc2ccc(NC(=O)[C@@H](N)C(C)C)cn2)cc1.Cl. The van der Waals surface area contributed by atoms with Gasteiger partial charge in [0.25, 0.3) is 0 Å². The van der Waals surface area contributed by atoms with E-state index in [2.05, 4.69) is 10.3 Å². The highest BCUT2D eigenvalue weighted by Crippen LogP contribution is 2.23. The Labute approximate surface area is 147 Å². The normalized spacial score (nSPS) is 11.4. The molecule has 0 aliphatic carbocycles. The van der Waals surface area contributed by atoms with Gasteiger partial charge in [0.1, 0.15) is 11.5 Å². The molecule has 0 saturated heterocycles. The molecule has 1 aromatic carbocycles. The van der Waals surface area contributed by atoms with Crippen LogP contribution in [-0.2, 0) is 4.79 Å². The molecule has 0 unspecified atom stereocenters. The van der Waals surface area contributed by atoms with Gasteiger partial charge in [-0.15, -0.1) is 12.4 Å². The van der Waals surface area contributed by atoms with Crippen molar-refractivity contribution in [2.24, 2.45) is 11.7 Å². The number of carbonyl (C=O) groups is 1. The van der Waals surface area contributed by atoms with Gasteiger partial charge in [0, 0.05) is 6.07 Å². The van der Waals surface area contributed by atoms with E-state index in [9.17, 15) is 4.79 Å². The molecule has 0 spiro atoms. The number of pyridine rings is 1. The molecule has 0 radical (unpaired) electrons. The Balaban J connectivity index is 0.00000288. The maximum Gasteiger partial charge on any atom is 0.241 e. The van der Waals surface area contributed by atoms with E-state index >= 15 is 0 Å². The number of nitrogens with one attached hydrogen (secondary N) is 1. The number of hydrogen-bond acceptors (Lipinski definition) is 5. The van der Waals surface area contributed by atoms with Gasteiger partial charge >= 0.3 is 0 Å². The largest absolute Gasteiger partial charge is 0.497 e. The number of methoxy groups -OCH3 is 1. The summed E-state index contributed by atoms with van der Waals surface area (Å²) in [5.41, 5.74) is 6.37. The predicted molar refractivity (Wildman–Crippen MR) is 96.0 cm³/mol. The molecule has 2 aromatic rings. The van der Waals surface area contributed by atoms with Gasteiger partial charge in [-0.3, -0.25) is 4.79 Å². The number of ether oxygens (including phenoxy) is 2. The number of nitrogens with two attached hydrogens (primary N) is 1. The molecule has 130 valence electrons. The van der Waals surface area contributed by atoms with Crippen LogP contribution in [0.15, 0.2) is 42.6 Å². The molecular weight excluding hydrogens is 330 g/mol. The third kappa shape index (κ3) is 5.40. The van der Waals surface area contributed by atoms with E-state index in [1.165, 1.54) is 6.20 Å².